The van der Waals surface area contributed by atoms with Crippen molar-refractivity contribution in [2.45, 2.75) is 109 Å². The predicted octanol–water partition coefficient (Wildman–Crippen LogP) is 7.90. The van der Waals surface area contributed by atoms with Crippen molar-refractivity contribution in [1.82, 2.24) is 0 Å². The molecule has 0 radical (unpaired) electrons. The first-order chi connectivity index (χ1) is 18.1. The van der Waals surface area contributed by atoms with E-state index in [1.54, 1.807) is 0 Å². The number of hydrogen-bond acceptors (Lipinski definition) is 4. The first-order valence-electron chi connectivity index (χ1n) is 14.6. The molecule has 3 atom stereocenters. The van der Waals surface area contributed by atoms with Gasteiger partial charge in [0.15, 0.2) is 0 Å². The summed E-state index contributed by atoms with van der Waals surface area (Å²) in [5.74, 6) is 0.214. The van der Waals surface area contributed by atoms with Gasteiger partial charge in [0.2, 0.25) is 0 Å². The molecule has 0 spiro atoms. The number of rotatable bonds is 17. The van der Waals surface area contributed by atoms with Crippen molar-refractivity contribution in [2.24, 2.45) is 0 Å². The average Bonchev–Trinajstić information content (AvgIpc) is 2.93. The molecule has 0 aromatic heterocycles. The van der Waals surface area contributed by atoms with E-state index in [2.05, 4.69) is 32.9 Å². The second kappa shape index (κ2) is 16.7. The molecule has 2 aromatic carbocycles. The molecule has 0 amide bonds. The third-order valence-corrected chi connectivity index (χ3v) is 24.2. The summed E-state index contributed by atoms with van der Waals surface area (Å²) in [6.45, 7) is 8.18. The Morgan fingerprint density at radius 1 is 0.784 bits per heavy atom. The van der Waals surface area contributed by atoms with E-state index in [4.69, 9.17) is 14.2 Å². The van der Waals surface area contributed by atoms with Crippen LogP contribution in [-0.2, 0) is 32.2 Å². The third kappa shape index (κ3) is 9.49. The van der Waals surface area contributed by atoms with E-state index < -0.39 is 24.5 Å². The second-order valence-electron chi connectivity index (χ2n) is 10.7. The number of unbranched alkanes of at least 4 members (excludes halogenated alkanes) is 3. The fourth-order valence-corrected chi connectivity index (χ4v) is 22.7. The Kier molecular flexibility index (Phi) is 13.7. The van der Waals surface area contributed by atoms with E-state index in [0.717, 1.165) is 11.1 Å². The Morgan fingerprint density at radius 3 is 1.81 bits per heavy atom. The van der Waals surface area contributed by atoms with Gasteiger partial charge in [-0.25, -0.2) is 0 Å². The van der Waals surface area contributed by atoms with Crippen LogP contribution in [0, 0.1) is 0 Å². The van der Waals surface area contributed by atoms with Gasteiger partial charge in [0.1, 0.15) is 0 Å². The molecule has 2 aromatic rings. The molecule has 0 unspecified atom stereocenters. The molecule has 1 aliphatic rings. The molecule has 1 heterocycles. The van der Waals surface area contributed by atoms with E-state index in [1.165, 1.54) is 51.8 Å². The molecule has 1 fully saturated rings. The Labute approximate surface area is 229 Å². The van der Waals surface area contributed by atoms with E-state index >= 15 is 0 Å². The Morgan fingerprint density at radius 2 is 1.30 bits per heavy atom. The summed E-state index contributed by atoms with van der Waals surface area (Å²) in [6.07, 6.45) is 7.04. The number of ether oxygens (including phenoxy) is 3. The maximum atomic E-state index is 13.7. The zero-order valence-electron chi connectivity index (χ0n) is 23.3. The van der Waals surface area contributed by atoms with Crippen LogP contribution in [-0.4, -0.2) is 47.1 Å². The summed E-state index contributed by atoms with van der Waals surface area (Å²) in [7, 11) is 0. The molecule has 0 aliphatic carbocycles. The first kappa shape index (κ1) is 30.3. The first-order valence-corrected chi connectivity index (χ1v) is 22.3. The van der Waals surface area contributed by atoms with Crippen LogP contribution in [0.4, 0.5) is 0 Å². The SMILES string of the molecule is CCC[CH2][Sn]([CH2]CCC)([CH2]CCC)[C@@H]1CC(=O)[C@@H](OCc2ccccc2)[C@@H](COCc2ccccc2)O1. The van der Waals surface area contributed by atoms with Gasteiger partial charge in [-0.1, -0.05) is 0 Å². The molecule has 5 heteroatoms. The number of benzene rings is 2. The quantitative estimate of drug-likeness (QED) is 0.170. The van der Waals surface area contributed by atoms with Crippen LogP contribution in [0.15, 0.2) is 60.7 Å². The molecule has 3 rings (SSSR count). The van der Waals surface area contributed by atoms with Crippen molar-refractivity contribution in [3.05, 3.63) is 71.8 Å². The topological polar surface area (TPSA) is 44.8 Å². The van der Waals surface area contributed by atoms with Crippen molar-refractivity contribution in [2.75, 3.05) is 6.61 Å². The molecule has 0 N–H and O–H groups in total. The Balaban J connectivity index is 1.79. The fourth-order valence-electron chi connectivity index (χ4n) is 5.60. The minimum atomic E-state index is -2.77. The molecule has 37 heavy (non-hydrogen) atoms. The molecular formula is C32H48O4Sn. The number of carbonyl (C=O) groups is 1. The third-order valence-electron chi connectivity index (χ3n) is 7.81. The van der Waals surface area contributed by atoms with Gasteiger partial charge < -0.3 is 0 Å². The summed E-state index contributed by atoms with van der Waals surface area (Å²) >= 11 is -2.77. The monoisotopic (exact) mass is 616 g/mol. The molecule has 204 valence electrons. The second-order valence-corrected chi connectivity index (χ2v) is 24.6. The fraction of sp³-hybridized carbons (Fsp3) is 0.594. The van der Waals surface area contributed by atoms with Crippen molar-refractivity contribution >= 4 is 24.2 Å². The standard InChI is InChI=1S/C20H21O4.3C4H9.Sn/c21-18-11-12-23-19(15-22-13-16-7-3-1-4-8-16)20(18)24-14-17-9-5-2-6-10-17;3*1-3-4-2;/h1-10,12,19-20H,11,13-15H2;3*1,3-4H2,2H3;/t19-,20-;;;;/m1..../s1. The van der Waals surface area contributed by atoms with Crippen LogP contribution >= 0.6 is 0 Å². The zero-order chi connectivity index (χ0) is 26.3. The van der Waals surface area contributed by atoms with Crippen LogP contribution in [0.5, 0.6) is 0 Å². The van der Waals surface area contributed by atoms with Gasteiger partial charge in [-0.05, 0) is 0 Å². The molecule has 0 bridgehead atoms. The van der Waals surface area contributed by atoms with E-state index in [9.17, 15) is 4.79 Å². The van der Waals surface area contributed by atoms with Crippen LogP contribution < -0.4 is 0 Å². The maximum absolute atomic E-state index is 13.7. The minimum absolute atomic E-state index is 0.133. The van der Waals surface area contributed by atoms with Gasteiger partial charge in [-0.15, -0.1) is 0 Å². The van der Waals surface area contributed by atoms with Gasteiger partial charge in [0.25, 0.3) is 0 Å². The van der Waals surface area contributed by atoms with Crippen LogP contribution in [0.2, 0.25) is 13.3 Å². The van der Waals surface area contributed by atoms with Crippen molar-refractivity contribution in [1.29, 1.82) is 0 Å². The van der Waals surface area contributed by atoms with Gasteiger partial charge in [-0.3, -0.25) is 0 Å². The summed E-state index contributed by atoms with van der Waals surface area (Å²) in [5, 5.41) is 0. The molecule has 1 saturated heterocycles. The Hall–Kier alpha value is -1.21. The zero-order valence-corrected chi connectivity index (χ0v) is 26.2. The van der Waals surface area contributed by atoms with Gasteiger partial charge in [-0.2, -0.15) is 0 Å². The molecule has 1 aliphatic heterocycles. The Bertz CT molecular complexity index is 866. The van der Waals surface area contributed by atoms with Crippen molar-refractivity contribution in [3.63, 3.8) is 0 Å². The summed E-state index contributed by atoms with van der Waals surface area (Å²) in [4.78, 5) is 13.7. The number of hydrogen-bond donors (Lipinski definition) is 0. The number of carbonyl (C=O) groups excluding carboxylic acids is 1. The van der Waals surface area contributed by atoms with Gasteiger partial charge in [0.05, 0.1) is 0 Å². The number of Topliss-reactive ketones (excluding diaryl/α,β-unsaturated/α-hetero) is 1. The van der Waals surface area contributed by atoms with Crippen LogP contribution in [0.3, 0.4) is 0 Å². The summed E-state index contributed by atoms with van der Waals surface area (Å²) in [5.41, 5.74) is 2.20. The number of ketones is 1. The molecular weight excluding hydrogens is 567 g/mol. The average molecular weight is 615 g/mol. The van der Waals surface area contributed by atoms with Crippen molar-refractivity contribution in [3.8, 4) is 0 Å². The predicted molar refractivity (Wildman–Crippen MR) is 154 cm³/mol. The normalized spacial score (nSPS) is 20.3. The summed E-state index contributed by atoms with van der Waals surface area (Å²) < 4.78 is 23.5. The molecule has 4 nitrogen and oxygen atoms in total. The van der Waals surface area contributed by atoms with Crippen molar-refractivity contribution < 1.29 is 19.0 Å². The van der Waals surface area contributed by atoms with E-state index in [1.807, 2.05) is 48.5 Å². The summed E-state index contributed by atoms with van der Waals surface area (Å²) in [6, 6.07) is 20.3. The van der Waals surface area contributed by atoms with Gasteiger partial charge in [0, 0.05) is 0 Å². The van der Waals surface area contributed by atoms with Crippen LogP contribution in [0.1, 0.15) is 76.8 Å². The van der Waals surface area contributed by atoms with Gasteiger partial charge >= 0.3 is 230 Å². The van der Waals surface area contributed by atoms with E-state index in [-0.39, 0.29) is 16.0 Å². The molecule has 0 saturated carbocycles. The van der Waals surface area contributed by atoms with E-state index in [0.29, 0.717) is 26.2 Å². The van der Waals surface area contributed by atoms with Crippen LogP contribution in [0.25, 0.3) is 0 Å².